The number of halogens is 1. The largest absolute Gasteiger partial charge is 0.246 e. The molecule has 1 heterocycles. The lowest BCUT2D eigenvalue weighted by Gasteiger charge is -2.15. The summed E-state index contributed by atoms with van der Waals surface area (Å²) in [7, 11) is 0. The molecular weight excluding hydrogens is 362 g/mol. The van der Waals surface area contributed by atoms with Crippen molar-refractivity contribution in [1.82, 2.24) is 4.98 Å². The molecule has 0 aliphatic heterocycles. The number of pyridine rings is 1. The van der Waals surface area contributed by atoms with Crippen molar-refractivity contribution in [2.24, 2.45) is 0 Å². The molecule has 0 aliphatic rings. The average Bonchev–Trinajstić information content (AvgIpc) is 2.74. The van der Waals surface area contributed by atoms with Crippen molar-refractivity contribution in [3.63, 3.8) is 0 Å². The topological polar surface area (TPSA) is 12.9 Å². The van der Waals surface area contributed by atoms with Crippen molar-refractivity contribution in [1.29, 1.82) is 0 Å². The zero-order valence-corrected chi connectivity index (χ0v) is 16.0. The van der Waals surface area contributed by atoms with Gasteiger partial charge in [-0.2, -0.15) is 0 Å². The van der Waals surface area contributed by atoms with E-state index in [1.165, 1.54) is 21.9 Å². The fourth-order valence-electron chi connectivity index (χ4n) is 3.82. The third kappa shape index (κ3) is 3.04. The first-order valence-corrected chi connectivity index (χ1v) is 9.77. The van der Waals surface area contributed by atoms with Gasteiger partial charge in [0.15, 0.2) is 0 Å². The summed E-state index contributed by atoms with van der Waals surface area (Å²) in [6, 6.07) is 33.5. The Morgan fingerprint density at radius 3 is 2.25 bits per heavy atom. The molecule has 1 nitrogen and oxygen atoms in total. The minimum Gasteiger partial charge on any atom is -0.246 e. The molecule has 2 heteroatoms. The van der Waals surface area contributed by atoms with Gasteiger partial charge in [-0.3, -0.25) is 0 Å². The molecule has 134 valence electrons. The van der Waals surface area contributed by atoms with Crippen LogP contribution in [0.25, 0.3) is 32.9 Å². The molecule has 0 N–H and O–H groups in total. The summed E-state index contributed by atoms with van der Waals surface area (Å²) in [5.41, 5.74) is 5.44. The van der Waals surface area contributed by atoms with Gasteiger partial charge in [0.2, 0.25) is 0 Å². The Morgan fingerprint density at radius 2 is 1.39 bits per heavy atom. The van der Waals surface area contributed by atoms with Gasteiger partial charge in [-0.15, -0.1) is 0 Å². The first-order chi connectivity index (χ1) is 13.8. The lowest BCUT2D eigenvalue weighted by atomic mass is 9.92. The molecule has 5 aromatic rings. The van der Waals surface area contributed by atoms with E-state index in [2.05, 4.69) is 60.7 Å². The second-order valence-corrected chi connectivity index (χ2v) is 7.40. The molecule has 0 atom stereocenters. The molecule has 1 aromatic heterocycles. The highest BCUT2D eigenvalue weighted by molar-refractivity contribution is 6.34. The molecule has 4 aromatic carbocycles. The number of rotatable bonds is 3. The molecule has 0 radical (unpaired) electrons. The van der Waals surface area contributed by atoms with Gasteiger partial charge in [0.25, 0.3) is 0 Å². The van der Waals surface area contributed by atoms with E-state index in [-0.39, 0.29) is 0 Å². The van der Waals surface area contributed by atoms with Crippen LogP contribution in [0.1, 0.15) is 11.1 Å². The molecule has 0 saturated heterocycles. The smallest absolute Gasteiger partial charge is 0.0904 e. The monoisotopic (exact) mass is 379 g/mol. The van der Waals surface area contributed by atoms with Crippen molar-refractivity contribution in [2.45, 2.75) is 6.42 Å². The Bertz CT molecular complexity index is 1290. The minimum absolute atomic E-state index is 0.685. The summed E-state index contributed by atoms with van der Waals surface area (Å²) in [4.78, 5) is 4.97. The van der Waals surface area contributed by atoms with Crippen molar-refractivity contribution < 1.29 is 0 Å². The molecule has 0 saturated carbocycles. The number of hydrogen-bond acceptors (Lipinski definition) is 1. The Kier molecular flexibility index (Phi) is 4.31. The van der Waals surface area contributed by atoms with Crippen molar-refractivity contribution in [3.05, 3.63) is 113 Å². The molecule has 28 heavy (non-hydrogen) atoms. The Morgan fingerprint density at radius 1 is 0.679 bits per heavy atom. The quantitative estimate of drug-likeness (QED) is 0.320. The second kappa shape index (κ2) is 7.10. The molecule has 0 spiro atoms. The predicted octanol–water partition coefficient (Wildman–Crippen LogP) is 7.30. The van der Waals surface area contributed by atoms with E-state index in [0.717, 1.165) is 28.6 Å². The average molecular weight is 380 g/mol. The third-order valence-electron chi connectivity index (χ3n) is 5.17. The van der Waals surface area contributed by atoms with Gasteiger partial charge in [0, 0.05) is 10.9 Å². The van der Waals surface area contributed by atoms with Gasteiger partial charge in [-0.05, 0) is 40.5 Å². The Hall–Kier alpha value is -3.16. The van der Waals surface area contributed by atoms with E-state index >= 15 is 0 Å². The summed E-state index contributed by atoms with van der Waals surface area (Å²) in [5, 5.41) is 4.12. The highest BCUT2D eigenvalue weighted by atomic mass is 35.5. The zero-order chi connectivity index (χ0) is 18.9. The molecule has 0 fully saturated rings. The first-order valence-electron chi connectivity index (χ1n) is 9.40. The SMILES string of the molecule is Clc1cc2ccccc2nc1-c1c(Cc2ccccc2)ccc2ccccc12. The lowest BCUT2D eigenvalue weighted by Crippen LogP contribution is -1.97. The number of nitrogens with zero attached hydrogens (tertiary/aromatic N) is 1. The van der Waals surface area contributed by atoms with Crippen LogP contribution >= 0.6 is 11.6 Å². The maximum absolute atomic E-state index is 6.75. The van der Waals surface area contributed by atoms with Gasteiger partial charge >= 0.3 is 0 Å². The summed E-state index contributed by atoms with van der Waals surface area (Å²) in [6.07, 6.45) is 0.839. The van der Waals surface area contributed by atoms with Crippen LogP contribution in [0, 0.1) is 0 Å². The van der Waals surface area contributed by atoms with Gasteiger partial charge in [-0.25, -0.2) is 4.98 Å². The molecule has 0 amide bonds. The van der Waals surface area contributed by atoms with Crippen molar-refractivity contribution >= 4 is 33.3 Å². The number of aromatic nitrogens is 1. The van der Waals surface area contributed by atoms with Crippen LogP contribution in [0.15, 0.2) is 97.1 Å². The van der Waals surface area contributed by atoms with E-state index in [1.807, 2.05) is 36.4 Å². The minimum atomic E-state index is 0.685. The molecule has 0 unspecified atom stereocenters. The zero-order valence-electron chi connectivity index (χ0n) is 15.3. The third-order valence-corrected chi connectivity index (χ3v) is 5.46. The van der Waals surface area contributed by atoms with Crippen LogP contribution in [-0.4, -0.2) is 4.98 Å². The van der Waals surface area contributed by atoms with Gasteiger partial charge < -0.3 is 0 Å². The first kappa shape index (κ1) is 17.0. The molecule has 0 bridgehead atoms. The van der Waals surface area contributed by atoms with Crippen LogP contribution in [-0.2, 0) is 6.42 Å². The number of fused-ring (bicyclic) bond motifs is 2. The van der Waals surface area contributed by atoms with E-state index in [9.17, 15) is 0 Å². The van der Waals surface area contributed by atoms with Gasteiger partial charge in [0.1, 0.15) is 0 Å². The number of benzene rings is 4. The lowest BCUT2D eigenvalue weighted by molar-refractivity contribution is 1.19. The number of hydrogen-bond donors (Lipinski definition) is 0. The summed E-state index contributed by atoms with van der Waals surface area (Å²) in [5.74, 6) is 0. The predicted molar refractivity (Wildman–Crippen MR) is 119 cm³/mol. The van der Waals surface area contributed by atoms with Crippen LogP contribution in [0.4, 0.5) is 0 Å². The van der Waals surface area contributed by atoms with Crippen molar-refractivity contribution in [3.8, 4) is 11.3 Å². The molecule has 5 rings (SSSR count). The fourth-order valence-corrected chi connectivity index (χ4v) is 4.08. The van der Waals surface area contributed by atoms with Gasteiger partial charge in [0.05, 0.1) is 16.2 Å². The van der Waals surface area contributed by atoms with E-state index in [4.69, 9.17) is 16.6 Å². The van der Waals surface area contributed by atoms with E-state index in [0.29, 0.717) is 5.02 Å². The summed E-state index contributed by atoms with van der Waals surface area (Å²) >= 11 is 6.75. The van der Waals surface area contributed by atoms with E-state index in [1.54, 1.807) is 0 Å². The van der Waals surface area contributed by atoms with Crippen LogP contribution in [0.2, 0.25) is 5.02 Å². The van der Waals surface area contributed by atoms with Crippen LogP contribution in [0.3, 0.4) is 0 Å². The van der Waals surface area contributed by atoms with Crippen LogP contribution < -0.4 is 0 Å². The summed E-state index contributed by atoms with van der Waals surface area (Å²) < 4.78 is 0. The highest BCUT2D eigenvalue weighted by Gasteiger charge is 2.16. The normalized spacial score (nSPS) is 11.2. The Labute approximate surface area is 169 Å². The maximum Gasteiger partial charge on any atom is 0.0904 e. The highest BCUT2D eigenvalue weighted by Crippen LogP contribution is 2.37. The van der Waals surface area contributed by atoms with Crippen LogP contribution in [0.5, 0.6) is 0 Å². The Balaban J connectivity index is 1.79. The standard InChI is InChI=1S/C26H18ClN/c27-23-17-20-11-5-7-13-24(20)28-26(23)25-21(16-18-8-2-1-3-9-18)15-14-19-10-4-6-12-22(19)25/h1-15,17H,16H2. The molecular formula is C26H18ClN. The van der Waals surface area contributed by atoms with Gasteiger partial charge in [-0.1, -0.05) is 96.5 Å². The second-order valence-electron chi connectivity index (χ2n) is 6.99. The molecule has 0 aliphatic carbocycles. The fraction of sp³-hybridized carbons (Fsp3) is 0.0385. The number of para-hydroxylation sites is 1. The summed E-state index contributed by atoms with van der Waals surface area (Å²) in [6.45, 7) is 0. The van der Waals surface area contributed by atoms with Crippen molar-refractivity contribution in [2.75, 3.05) is 0 Å². The maximum atomic E-state index is 6.75. The van der Waals surface area contributed by atoms with E-state index < -0.39 is 0 Å².